The Morgan fingerprint density at radius 3 is 2.23 bits per heavy atom. The first-order chi connectivity index (χ1) is 14.1. The van der Waals surface area contributed by atoms with Gasteiger partial charge in [-0.15, -0.1) is 0 Å². The molecule has 0 saturated heterocycles. The number of benzene rings is 2. The highest BCUT2D eigenvalue weighted by Crippen LogP contribution is 2.29. The van der Waals surface area contributed by atoms with Crippen LogP contribution in [0.4, 0.5) is 5.69 Å². The Bertz CT molecular complexity index is 970. The quantitative estimate of drug-likeness (QED) is 0.655. The zero-order chi connectivity index (χ0) is 22.5. The van der Waals surface area contributed by atoms with Gasteiger partial charge in [-0.3, -0.25) is 9.69 Å². The number of carbonyl (C=O) groups excluding carboxylic acids is 1. The third-order valence-electron chi connectivity index (χ3n) is 4.94. The van der Waals surface area contributed by atoms with Crippen molar-refractivity contribution in [2.24, 2.45) is 0 Å². The molecule has 30 heavy (non-hydrogen) atoms. The number of ether oxygens (including phenoxy) is 1. The molecule has 2 aromatic rings. The predicted octanol–water partition coefficient (Wildman–Crippen LogP) is 3.43. The van der Waals surface area contributed by atoms with Crippen molar-refractivity contribution in [1.29, 1.82) is 0 Å². The molecule has 0 fully saturated rings. The van der Waals surface area contributed by atoms with Crippen LogP contribution in [-0.2, 0) is 16.6 Å². The largest absolute Gasteiger partial charge is 0.495 e. The number of hydrogen-bond acceptors (Lipinski definition) is 5. The molecule has 0 aliphatic carbocycles. The number of amides is 1. The highest BCUT2D eigenvalue weighted by molar-refractivity contribution is 7.89. The maximum absolute atomic E-state index is 12.7. The van der Waals surface area contributed by atoms with E-state index in [1.165, 1.54) is 39.4 Å². The summed E-state index contributed by atoms with van der Waals surface area (Å²) in [6.07, 6.45) is 0. The molecule has 0 atom stereocenters. The summed E-state index contributed by atoms with van der Waals surface area (Å²) in [4.78, 5) is 15.1. The van der Waals surface area contributed by atoms with Crippen LogP contribution in [0.25, 0.3) is 0 Å². The fraction of sp³-hybridized carbons (Fsp3) is 0.409. The summed E-state index contributed by atoms with van der Waals surface area (Å²) in [7, 11) is 0.750. The highest BCUT2D eigenvalue weighted by atomic mass is 32.2. The van der Waals surface area contributed by atoms with Crippen molar-refractivity contribution in [3.63, 3.8) is 0 Å². The minimum Gasteiger partial charge on any atom is -0.495 e. The molecular formula is C22H31N3O4S. The maximum atomic E-state index is 12.7. The zero-order valence-electron chi connectivity index (χ0n) is 18.5. The molecule has 0 heterocycles. The minimum atomic E-state index is -3.63. The average Bonchev–Trinajstić information content (AvgIpc) is 2.71. The Hall–Kier alpha value is -2.42. The highest BCUT2D eigenvalue weighted by Gasteiger charge is 2.20. The van der Waals surface area contributed by atoms with Gasteiger partial charge in [0, 0.05) is 32.2 Å². The van der Waals surface area contributed by atoms with E-state index in [0.717, 1.165) is 23.0 Å². The molecule has 1 amide bonds. The number of carbonyl (C=O) groups is 1. The molecule has 0 unspecified atom stereocenters. The second-order valence-corrected chi connectivity index (χ2v) is 9.61. The predicted molar refractivity (Wildman–Crippen MR) is 119 cm³/mol. The molecule has 164 valence electrons. The van der Waals surface area contributed by atoms with E-state index in [-0.39, 0.29) is 10.8 Å². The summed E-state index contributed by atoms with van der Waals surface area (Å²) in [5.41, 5.74) is 1.90. The molecule has 0 spiro atoms. The second-order valence-electron chi connectivity index (χ2n) is 7.46. The molecule has 0 radical (unpaired) electrons. The van der Waals surface area contributed by atoms with Crippen molar-refractivity contribution in [2.75, 3.05) is 33.1 Å². The van der Waals surface area contributed by atoms with Crippen LogP contribution in [-0.4, -0.2) is 57.3 Å². The summed E-state index contributed by atoms with van der Waals surface area (Å²) in [6, 6.07) is 12.2. The third kappa shape index (κ3) is 5.59. The molecule has 2 aromatic carbocycles. The van der Waals surface area contributed by atoms with Gasteiger partial charge in [-0.25, -0.2) is 12.7 Å². The van der Waals surface area contributed by atoms with Crippen molar-refractivity contribution >= 4 is 21.6 Å². The molecular weight excluding hydrogens is 402 g/mol. The van der Waals surface area contributed by atoms with Gasteiger partial charge in [-0.1, -0.05) is 19.1 Å². The van der Waals surface area contributed by atoms with Gasteiger partial charge in [0.25, 0.3) is 5.91 Å². The van der Waals surface area contributed by atoms with Crippen molar-refractivity contribution in [2.45, 2.75) is 38.3 Å². The van der Waals surface area contributed by atoms with Gasteiger partial charge in [0.2, 0.25) is 10.0 Å². The average molecular weight is 434 g/mol. The first kappa shape index (κ1) is 23.9. The lowest BCUT2D eigenvalue weighted by Crippen LogP contribution is -2.29. The van der Waals surface area contributed by atoms with Crippen LogP contribution in [0, 0.1) is 0 Å². The fourth-order valence-electron chi connectivity index (χ4n) is 3.01. The zero-order valence-corrected chi connectivity index (χ0v) is 19.3. The Kier molecular flexibility index (Phi) is 8.00. The Morgan fingerprint density at radius 2 is 1.73 bits per heavy atom. The SMILES string of the molecule is CCN(Cc1ccc(C(=O)Nc2cc(S(=O)(=O)N(C)C)ccc2OC)cc1)C(C)C. The topological polar surface area (TPSA) is 79.0 Å². The molecule has 0 aliphatic rings. The first-order valence-electron chi connectivity index (χ1n) is 9.85. The summed E-state index contributed by atoms with van der Waals surface area (Å²) in [5, 5.41) is 2.76. The van der Waals surface area contributed by atoms with Gasteiger partial charge in [-0.2, -0.15) is 0 Å². The Balaban J connectivity index is 2.23. The van der Waals surface area contributed by atoms with Gasteiger partial charge in [0.05, 0.1) is 17.7 Å². The van der Waals surface area contributed by atoms with Gasteiger partial charge >= 0.3 is 0 Å². The number of anilines is 1. The number of rotatable bonds is 9. The van der Waals surface area contributed by atoms with Crippen molar-refractivity contribution < 1.29 is 17.9 Å². The summed E-state index contributed by atoms with van der Waals surface area (Å²) < 4.78 is 31.2. The lowest BCUT2D eigenvalue weighted by Gasteiger charge is -2.24. The normalized spacial score (nSPS) is 11.9. The lowest BCUT2D eigenvalue weighted by atomic mass is 10.1. The smallest absolute Gasteiger partial charge is 0.255 e. The van der Waals surface area contributed by atoms with E-state index >= 15 is 0 Å². The lowest BCUT2D eigenvalue weighted by molar-refractivity contribution is 0.102. The van der Waals surface area contributed by atoms with E-state index in [1.54, 1.807) is 12.1 Å². The van der Waals surface area contributed by atoms with Gasteiger partial charge in [0.1, 0.15) is 5.75 Å². The molecule has 0 aliphatic heterocycles. The van der Waals surface area contributed by atoms with E-state index in [1.807, 2.05) is 12.1 Å². The van der Waals surface area contributed by atoms with Crippen LogP contribution in [0.1, 0.15) is 36.7 Å². The van der Waals surface area contributed by atoms with E-state index < -0.39 is 10.0 Å². The van der Waals surface area contributed by atoms with Crippen LogP contribution in [0.15, 0.2) is 47.4 Å². The monoisotopic (exact) mass is 433 g/mol. The van der Waals surface area contributed by atoms with Gasteiger partial charge in [0.15, 0.2) is 0 Å². The van der Waals surface area contributed by atoms with E-state index in [9.17, 15) is 13.2 Å². The minimum absolute atomic E-state index is 0.0762. The molecule has 0 saturated carbocycles. The maximum Gasteiger partial charge on any atom is 0.255 e. The number of nitrogens with one attached hydrogen (secondary N) is 1. The molecule has 7 nitrogen and oxygen atoms in total. The number of hydrogen-bond donors (Lipinski definition) is 1. The van der Waals surface area contributed by atoms with Gasteiger partial charge < -0.3 is 10.1 Å². The molecule has 0 aromatic heterocycles. The van der Waals surface area contributed by atoms with E-state index in [2.05, 4.69) is 31.0 Å². The van der Waals surface area contributed by atoms with Crippen LogP contribution >= 0.6 is 0 Å². The van der Waals surface area contributed by atoms with Crippen molar-refractivity contribution in [3.8, 4) is 5.75 Å². The molecule has 0 bridgehead atoms. The third-order valence-corrected chi connectivity index (χ3v) is 6.75. The molecule has 8 heteroatoms. The van der Waals surface area contributed by atoms with Crippen molar-refractivity contribution in [3.05, 3.63) is 53.6 Å². The van der Waals surface area contributed by atoms with E-state index in [0.29, 0.717) is 23.0 Å². The summed E-state index contributed by atoms with van der Waals surface area (Å²) in [6.45, 7) is 8.20. The summed E-state index contributed by atoms with van der Waals surface area (Å²) in [5.74, 6) is 0.0451. The van der Waals surface area contributed by atoms with Crippen LogP contribution < -0.4 is 10.1 Å². The Labute approximate surface area is 179 Å². The standard InChI is InChI=1S/C22H31N3O4S/c1-7-25(16(2)3)15-17-8-10-18(11-9-17)22(26)23-20-14-19(12-13-21(20)29-6)30(27,28)24(4)5/h8-14,16H,7,15H2,1-6H3,(H,23,26). The van der Waals surface area contributed by atoms with Crippen LogP contribution in [0.5, 0.6) is 5.75 Å². The number of methoxy groups -OCH3 is 1. The number of nitrogens with zero attached hydrogens (tertiary/aromatic N) is 2. The fourth-order valence-corrected chi connectivity index (χ4v) is 3.93. The van der Waals surface area contributed by atoms with Crippen molar-refractivity contribution in [1.82, 2.24) is 9.21 Å². The Morgan fingerprint density at radius 1 is 1.10 bits per heavy atom. The summed E-state index contributed by atoms with van der Waals surface area (Å²) >= 11 is 0. The second kappa shape index (κ2) is 10.1. The van der Waals surface area contributed by atoms with E-state index in [4.69, 9.17) is 4.74 Å². The van der Waals surface area contributed by atoms with Gasteiger partial charge in [-0.05, 0) is 56.3 Å². The molecule has 1 N–H and O–H groups in total. The molecule has 2 rings (SSSR count). The number of sulfonamides is 1. The van der Waals surface area contributed by atoms with Crippen LogP contribution in [0.3, 0.4) is 0 Å². The first-order valence-corrected chi connectivity index (χ1v) is 11.3. The van der Waals surface area contributed by atoms with Crippen LogP contribution in [0.2, 0.25) is 0 Å².